The van der Waals surface area contributed by atoms with Gasteiger partial charge in [-0.05, 0) is 40.9 Å². The number of rotatable bonds is 5. The van der Waals surface area contributed by atoms with Gasteiger partial charge >= 0.3 is 0 Å². The lowest BCUT2D eigenvalue weighted by Crippen LogP contribution is -2.06. The van der Waals surface area contributed by atoms with Crippen molar-refractivity contribution in [2.45, 2.75) is 20.3 Å². The van der Waals surface area contributed by atoms with Crippen LogP contribution in [-0.4, -0.2) is 16.5 Å². The van der Waals surface area contributed by atoms with Crippen molar-refractivity contribution in [1.82, 2.24) is 9.97 Å². The van der Waals surface area contributed by atoms with Crippen molar-refractivity contribution in [2.24, 2.45) is 0 Å². The second-order valence-corrected chi connectivity index (χ2v) is 5.58. The topological polar surface area (TPSA) is 49.8 Å². The van der Waals surface area contributed by atoms with E-state index in [1.165, 1.54) is 0 Å². The monoisotopic (exact) mass is 354 g/mol. The highest BCUT2D eigenvalue weighted by Crippen LogP contribution is 2.30. The number of nitrogens with one attached hydrogen (secondary N) is 2. The van der Waals surface area contributed by atoms with Crippen LogP contribution >= 0.6 is 27.5 Å². The van der Waals surface area contributed by atoms with E-state index in [0.29, 0.717) is 16.8 Å². The highest BCUT2D eigenvalue weighted by Gasteiger charge is 2.08. The average Bonchev–Trinajstić information content (AvgIpc) is 2.44. The Hall–Kier alpha value is -1.33. The Labute approximate surface area is 132 Å². The van der Waals surface area contributed by atoms with Crippen molar-refractivity contribution >= 4 is 45.0 Å². The first-order valence-electron chi connectivity index (χ1n) is 6.40. The molecule has 0 aliphatic carbocycles. The number of benzene rings is 1. The highest BCUT2D eigenvalue weighted by molar-refractivity contribution is 9.10. The van der Waals surface area contributed by atoms with E-state index in [-0.39, 0.29) is 0 Å². The van der Waals surface area contributed by atoms with Gasteiger partial charge in [-0.2, -0.15) is 4.98 Å². The lowest BCUT2D eigenvalue weighted by atomic mass is 10.2. The molecule has 0 radical (unpaired) electrons. The molecule has 0 bridgehead atoms. The third-order valence-electron chi connectivity index (χ3n) is 2.72. The number of aromatic nitrogens is 2. The summed E-state index contributed by atoms with van der Waals surface area (Å²) in [6, 6.07) is 5.98. The summed E-state index contributed by atoms with van der Waals surface area (Å²) < 4.78 is 0.998. The van der Waals surface area contributed by atoms with Crippen LogP contribution in [0.3, 0.4) is 0 Å². The van der Waals surface area contributed by atoms with E-state index in [2.05, 4.69) is 43.5 Å². The summed E-state index contributed by atoms with van der Waals surface area (Å²) in [7, 11) is 0. The van der Waals surface area contributed by atoms with E-state index >= 15 is 0 Å². The predicted octanol–water partition coefficient (Wildman–Crippen LogP) is 4.77. The lowest BCUT2D eigenvalue weighted by Gasteiger charge is -2.12. The van der Waals surface area contributed by atoms with Crippen molar-refractivity contribution in [3.05, 3.63) is 39.5 Å². The molecule has 0 fully saturated rings. The van der Waals surface area contributed by atoms with Crippen LogP contribution in [0.4, 0.5) is 17.5 Å². The molecular formula is C14H16BrClN4. The van der Waals surface area contributed by atoms with Gasteiger partial charge in [-0.3, -0.25) is 0 Å². The Morgan fingerprint density at radius 1 is 1.35 bits per heavy atom. The number of halogens is 2. The van der Waals surface area contributed by atoms with Crippen LogP contribution in [0.2, 0.25) is 5.02 Å². The molecule has 0 aliphatic heterocycles. The maximum atomic E-state index is 6.14. The minimum absolute atomic E-state index is 0.487. The van der Waals surface area contributed by atoms with E-state index < -0.39 is 0 Å². The lowest BCUT2D eigenvalue weighted by molar-refractivity contribution is 0.953. The first-order valence-corrected chi connectivity index (χ1v) is 7.57. The highest BCUT2D eigenvalue weighted by atomic mass is 79.9. The number of aryl methyl sites for hydroxylation is 1. The third kappa shape index (κ3) is 3.61. The maximum absolute atomic E-state index is 6.14. The first kappa shape index (κ1) is 15.1. The van der Waals surface area contributed by atoms with E-state index in [4.69, 9.17) is 11.6 Å². The summed E-state index contributed by atoms with van der Waals surface area (Å²) in [5.41, 5.74) is 2.07. The van der Waals surface area contributed by atoms with E-state index in [9.17, 15) is 0 Å². The molecule has 6 heteroatoms. The molecule has 0 aliphatic rings. The van der Waals surface area contributed by atoms with Crippen LogP contribution in [0.1, 0.15) is 18.9 Å². The van der Waals surface area contributed by atoms with Crippen LogP contribution < -0.4 is 10.6 Å². The van der Waals surface area contributed by atoms with Crippen molar-refractivity contribution < 1.29 is 0 Å². The molecule has 1 aromatic heterocycles. The van der Waals surface area contributed by atoms with E-state index in [1.807, 2.05) is 25.1 Å². The minimum atomic E-state index is 0.487. The normalized spacial score (nSPS) is 10.4. The average molecular weight is 356 g/mol. The zero-order valence-corrected chi connectivity index (χ0v) is 13.7. The Balaban J connectivity index is 2.26. The van der Waals surface area contributed by atoms with Gasteiger partial charge in [0.2, 0.25) is 5.95 Å². The molecule has 1 heterocycles. The van der Waals surface area contributed by atoms with Crippen molar-refractivity contribution in [3.63, 3.8) is 0 Å². The van der Waals surface area contributed by atoms with Gasteiger partial charge in [0.05, 0.1) is 11.9 Å². The Morgan fingerprint density at radius 2 is 2.15 bits per heavy atom. The van der Waals surface area contributed by atoms with Gasteiger partial charge in [-0.1, -0.05) is 30.7 Å². The Bertz CT molecular complexity index is 604. The molecule has 0 atom stereocenters. The quantitative estimate of drug-likeness (QED) is 0.811. The molecule has 106 valence electrons. The first-order chi connectivity index (χ1) is 9.61. The number of anilines is 3. The van der Waals surface area contributed by atoms with Gasteiger partial charge in [0.25, 0.3) is 0 Å². The summed E-state index contributed by atoms with van der Waals surface area (Å²) in [6.45, 7) is 4.95. The summed E-state index contributed by atoms with van der Waals surface area (Å²) in [5, 5.41) is 6.86. The fourth-order valence-electron chi connectivity index (χ4n) is 1.65. The Kier molecular flexibility index (Phi) is 5.20. The Morgan fingerprint density at radius 3 is 2.90 bits per heavy atom. The van der Waals surface area contributed by atoms with Crippen LogP contribution in [0.25, 0.3) is 0 Å². The second-order valence-electron chi connectivity index (χ2n) is 4.38. The molecule has 2 aromatic rings. The van der Waals surface area contributed by atoms with E-state index in [1.54, 1.807) is 6.20 Å². The summed E-state index contributed by atoms with van der Waals surface area (Å²) in [6.07, 6.45) is 2.61. The van der Waals surface area contributed by atoms with E-state index in [0.717, 1.165) is 28.7 Å². The summed E-state index contributed by atoms with van der Waals surface area (Å²) in [4.78, 5) is 8.54. The second kappa shape index (κ2) is 6.90. The molecule has 0 amide bonds. The number of nitrogens with zero attached hydrogens (tertiary/aromatic N) is 2. The maximum Gasteiger partial charge on any atom is 0.224 e. The third-order valence-corrected chi connectivity index (χ3v) is 4.05. The standard InChI is InChI=1S/C14H16BrClN4/c1-3-7-17-14-18-8-10(16)13(20-14)19-11-6-4-5-9(2)12(11)15/h4-6,8H,3,7H2,1-2H3,(H2,17,18,19,20). The molecule has 4 nitrogen and oxygen atoms in total. The molecule has 0 saturated heterocycles. The van der Waals surface area contributed by atoms with Crippen LogP contribution in [0, 0.1) is 6.92 Å². The molecule has 1 aromatic carbocycles. The minimum Gasteiger partial charge on any atom is -0.354 e. The van der Waals surface area contributed by atoms with Gasteiger partial charge in [-0.25, -0.2) is 4.98 Å². The molecule has 0 spiro atoms. The summed E-state index contributed by atoms with van der Waals surface area (Å²) >= 11 is 9.70. The number of hydrogen-bond acceptors (Lipinski definition) is 4. The van der Waals surface area contributed by atoms with Crippen LogP contribution in [0.5, 0.6) is 0 Å². The molecule has 20 heavy (non-hydrogen) atoms. The molecular weight excluding hydrogens is 340 g/mol. The predicted molar refractivity (Wildman–Crippen MR) is 88.0 cm³/mol. The SMILES string of the molecule is CCCNc1ncc(Cl)c(Nc2cccc(C)c2Br)n1. The van der Waals surface area contributed by atoms with Crippen molar-refractivity contribution in [3.8, 4) is 0 Å². The molecule has 2 N–H and O–H groups in total. The molecule has 0 saturated carbocycles. The fourth-order valence-corrected chi connectivity index (χ4v) is 2.15. The fraction of sp³-hybridized carbons (Fsp3) is 0.286. The van der Waals surface area contributed by atoms with Crippen molar-refractivity contribution in [1.29, 1.82) is 0 Å². The van der Waals surface area contributed by atoms with Gasteiger partial charge in [-0.15, -0.1) is 0 Å². The molecule has 0 unspecified atom stereocenters. The number of hydrogen-bond donors (Lipinski definition) is 2. The largest absolute Gasteiger partial charge is 0.354 e. The zero-order valence-electron chi connectivity index (χ0n) is 11.4. The molecule has 2 rings (SSSR count). The van der Waals surface area contributed by atoms with Gasteiger partial charge < -0.3 is 10.6 Å². The zero-order chi connectivity index (χ0) is 14.5. The summed E-state index contributed by atoms with van der Waals surface area (Å²) in [5.74, 6) is 1.16. The van der Waals surface area contributed by atoms with Gasteiger partial charge in [0.1, 0.15) is 5.02 Å². The van der Waals surface area contributed by atoms with Crippen LogP contribution in [-0.2, 0) is 0 Å². The van der Waals surface area contributed by atoms with Crippen molar-refractivity contribution in [2.75, 3.05) is 17.2 Å². The van der Waals surface area contributed by atoms with Gasteiger partial charge in [0, 0.05) is 11.0 Å². The smallest absolute Gasteiger partial charge is 0.224 e. The van der Waals surface area contributed by atoms with Gasteiger partial charge in [0.15, 0.2) is 5.82 Å². The van der Waals surface area contributed by atoms with Crippen LogP contribution in [0.15, 0.2) is 28.9 Å².